The Hall–Kier alpha value is -3.92. The Kier molecular flexibility index (Phi) is 10.1. The predicted molar refractivity (Wildman–Crippen MR) is 148 cm³/mol. The van der Waals surface area contributed by atoms with Crippen LogP contribution in [0.1, 0.15) is 26.3 Å². The number of rotatable bonds is 12. The second kappa shape index (κ2) is 13.2. The minimum Gasteiger partial charge on any atom is -0.497 e. The van der Waals surface area contributed by atoms with Gasteiger partial charge in [-0.2, -0.15) is 0 Å². The van der Waals surface area contributed by atoms with E-state index in [0.29, 0.717) is 17.9 Å². The van der Waals surface area contributed by atoms with Crippen LogP contribution in [0.5, 0.6) is 5.75 Å². The number of amides is 2. The van der Waals surface area contributed by atoms with Gasteiger partial charge in [-0.1, -0.05) is 44.2 Å². The first kappa shape index (κ1) is 29.6. The lowest BCUT2D eigenvalue weighted by Crippen LogP contribution is -2.51. The van der Waals surface area contributed by atoms with E-state index in [0.717, 1.165) is 4.31 Å². The molecule has 0 fully saturated rings. The highest BCUT2D eigenvalue weighted by Crippen LogP contribution is 2.26. The third-order valence-corrected chi connectivity index (χ3v) is 7.88. The zero-order valence-corrected chi connectivity index (χ0v) is 23.3. The van der Waals surface area contributed by atoms with Crippen molar-refractivity contribution in [2.45, 2.75) is 38.3 Å². The van der Waals surface area contributed by atoms with Gasteiger partial charge in [0.15, 0.2) is 0 Å². The molecule has 3 aromatic carbocycles. The standard InChI is InChI=1S/C29H34FN3O5S/c1-21(2)18-31-29(35)22(3)32(19-23-10-12-24(30)13-11-23)28(34)20-33(25-14-16-26(38-4)17-15-25)39(36,37)27-8-6-5-7-9-27/h5-17,21-22H,18-20H2,1-4H3,(H,31,35). The monoisotopic (exact) mass is 555 g/mol. The van der Waals surface area contributed by atoms with Crippen LogP contribution in [-0.2, 0) is 26.2 Å². The molecule has 10 heteroatoms. The van der Waals surface area contributed by atoms with Gasteiger partial charge in [0.1, 0.15) is 24.2 Å². The lowest BCUT2D eigenvalue weighted by Gasteiger charge is -2.32. The molecule has 208 valence electrons. The summed E-state index contributed by atoms with van der Waals surface area (Å²) in [5, 5.41) is 2.83. The summed E-state index contributed by atoms with van der Waals surface area (Å²) in [4.78, 5) is 28.1. The van der Waals surface area contributed by atoms with Crippen molar-refractivity contribution in [1.82, 2.24) is 10.2 Å². The number of anilines is 1. The fraction of sp³-hybridized carbons (Fsp3) is 0.310. The molecule has 0 saturated carbocycles. The second-order valence-electron chi connectivity index (χ2n) is 9.49. The summed E-state index contributed by atoms with van der Waals surface area (Å²) < 4.78 is 47.2. The smallest absolute Gasteiger partial charge is 0.264 e. The zero-order chi connectivity index (χ0) is 28.6. The minimum atomic E-state index is -4.15. The first-order valence-electron chi connectivity index (χ1n) is 12.6. The summed E-state index contributed by atoms with van der Waals surface area (Å²) in [6, 6.07) is 18.8. The van der Waals surface area contributed by atoms with Crippen LogP contribution in [0.2, 0.25) is 0 Å². The Labute approximate surface area is 229 Å². The Morgan fingerprint density at radius 3 is 2.10 bits per heavy atom. The highest BCUT2D eigenvalue weighted by Gasteiger charge is 2.32. The van der Waals surface area contributed by atoms with Gasteiger partial charge in [0, 0.05) is 13.1 Å². The molecule has 0 aliphatic heterocycles. The third kappa shape index (κ3) is 7.79. The molecular weight excluding hydrogens is 521 g/mol. The molecular formula is C29H34FN3O5S. The number of hydrogen-bond donors (Lipinski definition) is 1. The maximum atomic E-state index is 13.8. The predicted octanol–water partition coefficient (Wildman–Crippen LogP) is 4.22. The van der Waals surface area contributed by atoms with Gasteiger partial charge in [-0.15, -0.1) is 0 Å². The lowest BCUT2D eigenvalue weighted by atomic mass is 10.1. The molecule has 0 aliphatic carbocycles. The first-order chi connectivity index (χ1) is 18.5. The highest BCUT2D eigenvalue weighted by atomic mass is 32.2. The van der Waals surface area contributed by atoms with Crippen LogP contribution in [0.3, 0.4) is 0 Å². The first-order valence-corrected chi connectivity index (χ1v) is 14.0. The van der Waals surface area contributed by atoms with Crippen molar-refractivity contribution in [1.29, 1.82) is 0 Å². The maximum Gasteiger partial charge on any atom is 0.264 e. The van der Waals surface area contributed by atoms with Crippen molar-refractivity contribution in [2.24, 2.45) is 5.92 Å². The number of ether oxygens (including phenoxy) is 1. The topological polar surface area (TPSA) is 96.0 Å². The summed E-state index contributed by atoms with van der Waals surface area (Å²) in [6.07, 6.45) is 0. The molecule has 0 spiro atoms. The second-order valence-corrected chi connectivity index (χ2v) is 11.3. The van der Waals surface area contributed by atoms with E-state index in [1.165, 1.54) is 48.4 Å². The number of sulfonamides is 1. The van der Waals surface area contributed by atoms with E-state index >= 15 is 0 Å². The number of carbonyl (C=O) groups is 2. The molecule has 1 atom stereocenters. The largest absolute Gasteiger partial charge is 0.497 e. The van der Waals surface area contributed by atoms with Crippen molar-refractivity contribution in [2.75, 3.05) is 24.5 Å². The molecule has 0 saturated heterocycles. The molecule has 3 rings (SSSR count). The molecule has 8 nitrogen and oxygen atoms in total. The number of nitrogens with one attached hydrogen (secondary N) is 1. The van der Waals surface area contributed by atoms with Crippen LogP contribution in [0.15, 0.2) is 83.8 Å². The van der Waals surface area contributed by atoms with Crippen LogP contribution in [0, 0.1) is 11.7 Å². The molecule has 1 unspecified atom stereocenters. The fourth-order valence-corrected chi connectivity index (χ4v) is 5.25. The summed E-state index contributed by atoms with van der Waals surface area (Å²) in [6.45, 7) is 5.33. The van der Waals surface area contributed by atoms with Crippen molar-refractivity contribution < 1.29 is 27.1 Å². The zero-order valence-electron chi connectivity index (χ0n) is 22.5. The van der Waals surface area contributed by atoms with Gasteiger partial charge in [-0.05, 0) is 66.9 Å². The summed E-state index contributed by atoms with van der Waals surface area (Å²) in [5.74, 6) is -0.679. The van der Waals surface area contributed by atoms with Gasteiger partial charge in [0.25, 0.3) is 10.0 Å². The molecule has 0 aromatic heterocycles. The van der Waals surface area contributed by atoms with E-state index in [1.54, 1.807) is 49.4 Å². The number of halogens is 1. The maximum absolute atomic E-state index is 13.8. The molecule has 0 bridgehead atoms. The lowest BCUT2D eigenvalue weighted by molar-refractivity contribution is -0.139. The van der Waals surface area contributed by atoms with E-state index in [1.807, 2.05) is 13.8 Å². The van der Waals surface area contributed by atoms with Gasteiger partial charge in [0.05, 0.1) is 17.7 Å². The number of hydrogen-bond acceptors (Lipinski definition) is 5. The number of methoxy groups -OCH3 is 1. The summed E-state index contributed by atoms with van der Waals surface area (Å²) in [7, 11) is -2.66. The minimum absolute atomic E-state index is 0.0152. The number of nitrogens with zero attached hydrogens (tertiary/aromatic N) is 2. The van der Waals surface area contributed by atoms with Crippen molar-refractivity contribution >= 4 is 27.5 Å². The average molecular weight is 556 g/mol. The Morgan fingerprint density at radius 1 is 0.923 bits per heavy atom. The number of benzene rings is 3. The van der Waals surface area contributed by atoms with Gasteiger partial charge >= 0.3 is 0 Å². The summed E-state index contributed by atoms with van der Waals surface area (Å²) in [5.41, 5.74) is 0.849. The quantitative estimate of drug-likeness (QED) is 0.361. The Bertz CT molecular complexity index is 1350. The van der Waals surface area contributed by atoms with Crippen molar-refractivity contribution in [3.8, 4) is 5.75 Å². The number of carbonyl (C=O) groups excluding carboxylic acids is 2. The van der Waals surface area contributed by atoms with E-state index < -0.39 is 34.3 Å². The van der Waals surface area contributed by atoms with Crippen LogP contribution < -0.4 is 14.4 Å². The molecule has 39 heavy (non-hydrogen) atoms. The molecule has 3 aromatic rings. The third-order valence-electron chi connectivity index (χ3n) is 6.09. The summed E-state index contributed by atoms with van der Waals surface area (Å²) >= 11 is 0. The normalized spacial score (nSPS) is 12.1. The molecule has 0 aliphatic rings. The Morgan fingerprint density at radius 2 is 1.54 bits per heavy atom. The van der Waals surface area contributed by atoms with Crippen LogP contribution >= 0.6 is 0 Å². The van der Waals surface area contributed by atoms with Crippen molar-refractivity contribution in [3.63, 3.8) is 0 Å². The van der Waals surface area contributed by atoms with E-state index in [9.17, 15) is 22.4 Å². The van der Waals surface area contributed by atoms with Crippen LogP contribution in [0.4, 0.5) is 10.1 Å². The molecule has 1 N–H and O–H groups in total. The fourth-order valence-electron chi connectivity index (χ4n) is 3.82. The molecule has 0 radical (unpaired) electrons. The van der Waals surface area contributed by atoms with E-state index in [-0.39, 0.29) is 29.0 Å². The van der Waals surface area contributed by atoms with Gasteiger partial charge < -0.3 is 15.0 Å². The molecule has 0 heterocycles. The van der Waals surface area contributed by atoms with E-state index in [2.05, 4.69) is 5.32 Å². The van der Waals surface area contributed by atoms with Gasteiger partial charge in [-0.3, -0.25) is 13.9 Å². The van der Waals surface area contributed by atoms with Crippen molar-refractivity contribution in [3.05, 3.63) is 90.2 Å². The molecule has 2 amide bonds. The van der Waals surface area contributed by atoms with Crippen LogP contribution in [-0.4, -0.2) is 51.4 Å². The van der Waals surface area contributed by atoms with Gasteiger partial charge in [-0.25, -0.2) is 12.8 Å². The highest BCUT2D eigenvalue weighted by molar-refractivity contribution is 7.92. The Balaban J connectivity index is 1.99. The van der Waals surface area contributed by atoms with Crippen LogP contribution in [0.25, 0.3) is 0 Å². The average Bonchev–Trinajstić information content (AvgIpc) is 2.94. The van der Waals surface area contributed by atoms with E-state index in [4.69, 9.17) is 4.74 Å². The SMILES string of the molecule is COc1ccc(N(CC(=O)N(Cc2ccc(F)cc2)C(C)C(=O)NCC(C)C)S(=O)(=O)c2ccccc2)cc1. The van der Waals surface area contributed by atoms with Gasteiger partial charge in [0.2, 0.25) is 11.8 Å².